The number of amides is 1. The second-order valence-electron chi connectivity index (χ2n) is 6.19. The summed E-state index contributed by atoms with van der Waals surface area (Å²) in [7, 11) is 0. The SMILES string of the molecule is O=C(CN1CC2CC(C1)c1cccc(=O)n1C2)Nc1ncns1. The Bertz CT molecular complexity index is 772. The van der Waals surface area contributed by atoms with E-state index < -0.39 is 0 Å². The number of pyridine rings is 1. The van der Waals surface area contributed by atoms with Crippen molar-refractivity contribution in [1.82, 2.24) is 18.8 Å². The number of hydrogen-bond donors (Lipinski definition) is 1. The molecule has 7 nitrogen and oxygen atoms in total. The molecule has 1 fully saturated rings. The molecule has 0 aromatic carbocycles. The molecule has 8 heteroatoms. The number of carbonyl (C=O) groups is 1. The van der Waals surface area contributed by atoms with Gasteiger partial charge in [0.25, 0.3) is 5.56 Å². The molecule has 2 aliphatic heterocycles. The van der Waals surface area contributed by atoms with Gasteiger partial charge in [-0.3, -0.25) is 19.8 Å². The van der Waals surface area contributed by atoms with Crippen LogP contribution in [0.4, 0.5) is 5.13 Å². The fourth-order valence-corrected chi connectivity index (χ4v) is 4.16. The fourth-order valence-electron chi connectivity index (χ4n) is 3.71. The Morgan fingerprint density at radius 2 is 2.26 bits per heavy atom. The predicted octanol–water partition coefficient (Wildman–Crippen LogP) is 0.758. The first-order valence-corrected chi connectivity index (χ1v) is 8.45. The molecule has 0 aliphatic carbocycles. The maximum atomic E-state index is 12.1. The van der Waals surface area contributed by atoms with Crippen molar-refractivity contribution in [3.05, 3.63) is 40.6 Å². The Labute approximate surface area is 137 Å². The minimum atomic E-state index is -0.0628. The summed E-state index contributed by atoms with van der Waals surface area (Å²) in [5, 5.41) is 3.30. The molecule has 2 aromatic rings. The number of fused-ring (bicyclic) bond motifs is 4. The minimum Gasteiger partial charge on any atom is -0.312 e. The molecule has 120 valence electrons. The molecule has 0 spiro atoms. The number of carbonyl (C=O) groups excluding carboxylic acids is 1. The molecular weight excluding hydrogens is 314 g/mol. The van der Waals surface area contributed by atoms with Crippen LogP contribution in [0.5, 0.6) is 0 Å². The number of nitrogens with one attached hydrogen (secondary N) is 1. The second-order valence-corrected chi connectivity index (χ2v) is 6.97. The van der Waals surface area contributed by atoms with Gasteiger partial charge in [-0.1, -0.05) is 6.07 Å². The van der Waals surface area contributed by atoms with Gasteiger partial charge < -0.3 is 4.57 Å². The van der Waals surface area contributed by atoms with Crippen molar-refractivity contribution in [3.8, 4) is 0 Å². The lowest BCUT2D eigenvalue weighted by Crippen LogP contribution is -2.49. The van der Waals surface area contributed by atoms with Crippen LogP contribution < -0.4 is 10.9 Å². The Balaban J connectivity index is 1.46. The van der Waals surface area contributed by atoms with E-state index in [0.717, 1.165) is 31.7 Å². The highest BCUT2D eigenvalue weighted by molar-refractivity contribution is 7.09. The largest absolute Gasteiger partial charge is 0.312 e. The molecule has 2 bridgehead atoms. The van der Waals surface area contributed by atoms with Gasteiger partial charge in [-0.2, -0.15) is 4.37 Å². The molecular formula is C15H17N5O2S. The second kappa shape index (κ2) is 5.86. The van der Waals surface area contributed by atoms with Gasteiger partial charge in [0, 0.05) is 48.8 Å². The summed E-state index contributed by atoms with van der Waals surface area (Å²) in [6.45, 7) is 2.76. The number of nitrogens with zero attached hydrogens (tertiary/aromatic N) is 4. The number of anilines is 1. The van der Waals surface area contributed by atoms with Crippen LogP contribution >= 0.6 is 11.5 Å². The normalized spacial score (nSPS) is 23.3. The molecule has 2 unspecified atom stereocenters. The van der Waals surface area contributed by atoms with E-state index in [1.807, 2.05) is 16.7 Å². The number of aromatic nitrogens is 3. The first kappa shape index (κ1) is 14.5. The Kier molecular flexibility index (Phi) is 3.70. The molecule has 1 N–H and O–H groups in total. The lowest BCUT2D eigenvalue weighted by atomic mass is 9.83. The van der Waals surface area contributed by atoms with E-state index in [-0.39, 0.29) is 11.5 Å². The van der Waals surface area contributed by atoms with Crippen LogP contribution in [0, 0.1) is 5.92 Å². The van der Waals surface area contributed by atoms with Crippen molar-refractivity contribution < 1.29 is 4.79 Å². The van der Waals surface area contributed by atoms with E-state index in [1.54, 1.807) is 6.07 Å². The monoisotopic (exact) mass is 331 g/mol. The summed E-state index contributed by atoms with van der Waals surface area (Å²) in [4.78, 5) is 30.3. The lowest BCUT2D eigenvalue weighted by molar-refractivity contribution is -0.117. The summed E-state index contributed by atoms with van der Waals surface area (Å²) in [5.41, 5.74) is 1.18. The minimum absolute atomic E-state index is 0.0628. The van der Waals surface area contributed by atoms with Crippen molar-refractivity contribution in [3.63, 3.8) is 0 Å². The topological polar surface area (TPSA) is 80.1 Å². The van der Waals surface area contributed by atoms with Gasteiger partial charge in [-0.25, -0.2) is 4.98 Å². The van der Waals surface area contributed by atoms with Crippen LogP contribution in [0.1, 0.15) is 18.0 Å². The van der Waals surface area contributed by atoms with Crippen LogP contribution in [-0.4, -0.2) is 44.4 Å². The third-order valence-corrected chi connectivity index (χ3v) is 5.11. The van der Waals surface area contributed by atoms with E-state index in [0.29, 0.717) is 23.5 Å². The summed E-state index contributed by atoms with van der Waals surface area (Å²) in [6.07, 6.45) is 2.53. The van der Waals surface area contributed by atoms with Crippen LogP contribution in [0.25, 0.3) is 0 Å². The Morgan fingerprint density at radius 3 is 3.09 bits per heavy atom. The summed E-state index contributed by atoms with van der Waals surface area (Å²) in [6, 6.07) is 5.49. The van der Waals surface area contributed by atoms with E-state index in [9.17, 15) is 9.59 Å². The zero-order valence-electron chi connectivity index (χ0n) is 12.5. The van der Waals surface area contributed by atoms with E-state index >= 15 is 0 Å². The number of rotatable bonds is 3. The molecule has 1 saturated heterocycles. The summed E-state index contributed by atoms with van der Waals surface area (Å²) >= 11 is 1.17. The predicted molar refractivity (Wildman–Crippen MR) is 86.5 cm³/mol. The van der Waals surface area contributed by atoms with Crippen molar-refractivity contribution in [1.29, 1.82) is 0 Å². The average Bonchev–Trinajstić information content (AvgIpc) is 3.01. The molecule has 4 rings (SSSR count). The van der Waals surface area contributed by atoms with E-state index in [2.05, 4.69) is 19.6 Å². The van der Waals surface area contributed by atoms with Crippen LogP contribution in [0.2, 0.25) is 0 Å². The van der Waals surface area contributed by atoms with E-state index in [1.165, 1.54) is 17.9 Å². The fraction of sp³-hybridized carbons (Fsp3) is 0.467. The molecule has 2 aliphatic rings. The van der Waals surface area contributed by atoms with Crippen molar-refractivity contribution in [2.45, 2.75) is 18.9 Å². The number of piperidine rings is 1. The molecule has 0 radical (unpaired) electrons. The van der Waals surface area contributed by atoms with Gasteiger partial charge in [0.2, 0.25) is 11.0 Å². The first-order chi connectivity index (χ1) is 11.2. The van der Waals surface area contributed by atoms with Crippen molar-refractivity contribution in [2.24, 2.45) is 5.92 Å². The van der Waals surface area contributed by atoms with Crippen molar-refractivity contribution in [2.75, 3.05) is 25.0 Å². The van der Waals surface area contributed by atoms with Gasteiger partial charge in [-0.15, -0.1) is 0 Å². The van der Waals surface area contributed by atoms with Gasteiger partial charge in [0.1, 0.15) is 6.33 Å². The Morgan fingerprint density at radius 1 is 1.35 bits per heavy atom. The average molecular weight is 331 g/mol. The highest BCUT2D eigenvalue weighted by atomic mass is 32.1. The van der Waals surface area contributed by atoms with Crippen LogP contribution in [0.15, 0.2) is 29.3 Å². The zero-order chi connectivity index (χ0) is 15.8. The maximum absolute atomic E-state index is 12.1. The third-order valence-electron chi connectivity index (χ3n) is 4.53. The number of hydrogen-bond acceptors (Lipinski definition) is 6. The third kappa shape index (κ3) is 2.91. The molecule has 23 heavy (non-hydrogen) atoms. The van der Waals surface area contributed by atoms with E-state index in [4.69, 9.17) is 0 Å². The van der Waals surface area contributed by atoms with Crippen molar-refractivity contribution >= 4 is 22.6 Å². The van der Waals surface area contributed by atoms with Crippen LogP contribution in [0.3, 0.4) is 0 Å². The lowest BCUT2D eigenvalue weighted by Gasteiger charge is -2.42. The number of likely N-dealkylation sites (tertiary alicyclic amines) is 1. The summed E-state index contributed by atoms with van der Waals surface area (Å²) in [5.74, 6) is 0.689. The standard InChI is InChI=1S/C15H17N5O2S/c21-13(18-15-16-9-17-23-15)8-19-5-10-4-11(7-19)12-2-1-3-14(22)20(12)6-10/h1-3,9-11H,4-8H2,(H,16,17,18,21). The molecule has 0 saturated carbocycles. The zero-order valence-corrected chi connectivity index (χ0v) is 13.3. The molecule has 2 aromatic heterocycles. The van der Waals surface area contributed by atoms with Gasteiger partial charge in [0.05, 0.1) is 6.54 Å². The summed E-state index contributed by atoms with van der Waals surface area (Å²) < 4.78 is 5.77. The van der Waals surface area contributed by atoms with Crippen LogP contribution in [-0.2, 0) is 11.3 Å². The van der Waals surface area contributed by atoms with Gasteiger partial charge in [-0.05, 0) is 18.4 Å². The molecule has 2 atom stereocenters. The maximum Gasteiger partial charge on any atom is 0.250 e. The highest BCUT2D eigenvalue weighted by Crippen LogP contribution is 2.34. The smallest absolute Gasteiger partial charge is 0.250 e. The Hall–Kier alpha value is -2.06. The molecule has 4 heterocycles. The quantitative estimate of drug-likeness (QED) is 0.898. The first-order valence-electron chi connectivity index (χ1n) is 7.67. The van der Waals surface area contributed by atoms with Gasteiger partial charge >= 0.3 is 0 Å². The van der Waals surface area contributed by atoms with Gasteiger partial charge in [0.15, 0.2) is 0 Å². The highest BCUT2D eigenvalue weighted by Gasteiger charge is 2.34. The molecule has 1 amide bonds.